The average molecular weight is 530 g/mol. The van der Waals surface area contributed by atoms with Crippen LogP contribution >= 0.6 is 11.6 Å². The number of halogens is 2. The van der Waals surface area contributed by atoms with Gasteiger partial charge in [-0.05, 0) is 70.0 Å². The minimum absolute atomic E-state index is 0.0398. The molecule has 1 aliphatic heterocycles. The number of anilines is 4. The molecule has 4 rings (SSSR count). The van der Waals surface area contributed by atoms with E-state index < -0.39 is 0 Å². The molecule has 0 bridgehead atoms. The van der Waals surface area contributed by atoms with E-state index in [1.165, 1.54) is 6.20 Å². The average Bonchev–Trinajstić information content (AvgIpc) is 3.27. The Bertz CT molecular complexity index is 1240. The second-order valence-corrected chi connectivity index (χ2v) is 9.97. The second kappa shape index (κ2) is 11.7. The van der Waals surface area contributed by atoms with E-state index in [1.54, 1.807) is 12.1 Å². The summed E-state index contributed by atoms with van der Waals surface area (Å²) in [6.45, 7) is 6.55. The third kappa shape index (κ3) is 6.86. The quantitative estimate of drug-likeness (QED) is 0.338. The Kier molecular flexibility index (Phi) is 8.45. The zero-order valence-corrected chi connectivity index (χ0v) is 22.3. The number of benzene rings is 1. The molecule has 3 aromatic rings. The van der Waals surface area contributed by atoms with Gasteiger partial charge in [0.05, 0.1) is 11.9 Å². The summed E-state index contributed by atoms with van der Waals surface area (Å²) in [7, 11) is 3.94. The van der Waals surface area contributed by atoms with Crippen LogP contribution in [-0.4, -0.2) is 76.3 Å². The molecule has 198 valence electrons. The molecule has 1 fully saturated rings. The Morgan fingerprint density at radius 2 is 1.97 bits per heavy atom. The number of likely N-dealkylation sites (N-methyl/N-ethyl adjacent to an activating group) is 1. The van der Waals surface area contributed by atoms with E-state index in [4.69, 9.17) is 11.6 Å². The maximum Gasteiger partial charge on any atom is 0.317 e. The molecule has 0 atom stereocenters. The molecule has 4 N–H and O–H groups in total. The molecular weight excluding hydrogens is 497 g/mol. The van der Waals surface area contributed by atoms with E-state index in [0.29, 0.717) is 36.3 Å². The standard InChI is InChI=1S/C25H33ClFN9O/c1-15-11-21(30-24-29-14-19(26)23(32-24)31-22-12-16(2)33-34-22)20(27)13-18(15)17-5-8-36(9-6-17)25(37)28-7-10-35(3)4/h11-14,17H,5-10H2,1-4H3,(H,28,37)(H3,29,30,31,32,33,34). The number of carbonyl (C=O) groups excluding carboxylic acids is 1. The molecule has 1 aliphatic rings. The Morgan fingerprint density at radius 3 is 2.65 bits per heavy atom. The summed E-state index contributed by atoms with van der Waals surface area (Å²) >= 11 is 6.23. The normalized spacial score (nSPS) is 14.2. The fourth-order valence-electron chi connectivity index (χ4n) is 4.36. The van der Waals surface area contributed by atoms with Crippen LogP contribution in [0.25, 0.3) is 0 Å². The van der Waals surface area contributed by atoms with Crippen molar-refractivity contribution in [2.45, 2.75) is 32.6 Å². The lowest BCUT2D eigenvalue weighted by molar-refractivity contribution is 0.180. The van der Waals surface area contributed by atoms with E-state index in [9.17, 15) is 4.79 Å². The minimum Gasteiger partial charge on any atom is -0.337 e. The van der Waals surface area contributed by atoms with Gasteiger partial charge in [-0.25, -0.2) is 14.2 Å². The number of hydrogen-bond acceptors (Lipinski definition) is 7. The Hall–Kier alpha value is -3.44. The summed E-state index contributed by atoms with van der Waals surface area (Å²) in [5.41, 5.74) is 3.10. The maximum atomic E-state index is 15.2. The molecule has 0 aliphatic carbocycles. The molecule has 3 heterocycles. The fraction of sp³-hybridized carbons (Fsp3) is 0.440. The van der Waals surface area contributed by atoms with Crippen LogP contribution in [0.4, 0.5) is 32.5 Å². The van der Waals surface area contributed by atoms with Gasteiger partial charge in [0, 0.05) is 37.9 Å². The highest BCUT2D eigenvalue weighted by atomic mass is 35.5. The highest BCUT2D eigenvalue weighted by Crippen LogP contribution is 2.34. The molecule has 12 heteroatoms. The van der Waals surface area contributed by atoms with Gasteiger partial charge < -0.3 is 25.8 Å². The van der Waals surface area contributed by atoms with Crippen LogP contribution < -0.4 is 16.0 Å². The maximum absolute atomic E-state index is 15.2. The number of rotatable bonds is 8. The van der Waals surface area contributed by atoms with Crippen molar-refractivity contribution in [2.24, 2.45) is 0 Å². The van der Waals surface area contributed by atoms with Gasteiger partial charge in [-0.1, -0.05) is 11.6 Å². The molecule has 0 unspecified atom stereocenters. The number of aryl methyl sites for hydroxylation is 2. The SMILES string of the molecule is Cc1cc(Nc2nc(Nc3cc(C)c(C4CCN(C(=O)NCCN(C)C)CC4)cc3F)ncc2Cl)n[nH]1. The predicted molar refractivity (Wildman–Crippen MR) is 144 cm³/mol. The number of aromatic nitrogens is 4. The summed E-state index contributed by atoms with van der Waals surface area (Å²) in [6, 6.07) is 5.13. The highest BCUT2D eigenvalue weighted by Gasteiger charge is 2.25. The van der Waals surface area contributed by atoms with E-state index in [0.717, 1.165) is 36.2 Å². The molecule has 10 nitrogen and oxygen atoms in total. The van der Waals surface area contributed by atoms with E-state index >= 15 is 4.39 Å². The number of H-pyrrole nitrogens is 1. The lowest BCUT2D eigenvalue weighted by atomic mass is 9.86. The smallest absolute Gasteiger partial charge is 0.317 e. The summed E-state index contributed by atoms with van der Waals surface area (Å²) < 4.78 is 15.2. The topological polar surface area (TPSA) is 114 Å². The van der Waals surface area contributed by atoms with Crippen LogP contribution in [-0.2, 0) is 0 Å². The number of carbonyl (C=O) groups is 1. The first-order valence-electron chi connectivity index (χ1n) is 12.3. The highest BCUT2D eigenvalue weighted by molar-refractivity contribution is 6.32. The van der Waals surface area contributed by atoms with Gasteiger partial charge in [0.15, 0.2) is 11.6 Å². The number of nitrogens with zero attached hydrogens (tertiary/aromatic N) is 5. The lowest BCUT2D eigenvalue weighted by Crippen LogP contribution is -2.45. The number of aromatic amines is 1. The Morgan fingerprint density at radius 1 is 1.22 bits per heavy atom. The number of likely N-dealkylation sites (tertiary alicyclic amines) is 1. The van der Waals surface area contributed by atoms with Crippen molar-refractivity contribution in [2.75, 3.05) is 50.9 Å². The number of nitrogens with one attached hydrogen (secondary N) is 4. The van der Waals surface area contributed by atoms with Gasteiger partial charge in [-0.15, -0.1) is 0 Å². The van der Waals surface area contributed by atoms with Crippen LogP contribution in [0.1, 0.15) is 35.6 Å². The number of urea groups is 1. The first kappa shape index (κ1) is 26.6. The van der Waals surface area contributed by atoms with Crippen LogP contribution in [0.2, 0.25) is 5.02 Å². The lowest BCUT2D eigenvalue weighted by Gasteiger charge is -2.33. The van der Waals surface area contributed by atoms with Crippen molar-refractivity contribution in [3.8, 4) is 0 Å². The third-order valence-corrected chi connectivity index (χ3v) is 6.63. The van der Waals surface area contributed by atoms with Crippen LogP contribution in [0.3, 0.4) is 0 Å². The largest absolute Gasteiger partial charge is 0.337 e. The van der Waals surface area contributed by atoms with Crippen molar-refractivity contribution in [1.82, 2.24) is 35.3 Å². The molecule has 2 amide bonds. The van der Waals surface area contributed by atoms with Crippen molar-refractivity contribution >= 4 is 40.9 Å². The summed E-state index contributed by atoms with van der Waals surface area (Å²) in [5, 5.41) is 16.2. The van der Waals surface area contributed by atoms with Crippen LogP contribution in [0.5, 0.6) is 0 Å². The van der Waals surface area contributed by atoms with Gasteiger partial charge in [-0.2, -0.15) is 10.1 Å². The second-order valence-electron chi connectivity index (χ2n) is 9.56. The molecule has 0 radical (unpaired) electrons. The van der Waals surface area contributed by atoms with E-state index in [2.05, 4.69) is 36.1 Å². The minimum atomic E-state index is -0.388. The van der Waals surface area contributed by atoms with Crippen molar-refractivity contribution in [3.05, 3.63) is 52.1 Å². The monoisotopic (exact) mass is 529 g/mol. The van der Waals surface area contributed by atoms with Crippen LogP contribution in [0.15, 0.2) is 24.4 Å². The summed E-state index contributed by atoms with van der Waals surface area (Å²) in [6.07, 6.45) is 3.02. The molecule has 1 aromatic carbocycles. The predicted octanol–water partition coefficient (Wildman–Crippen LogP) is 4.55. The fourth-order valence-corrected chi connectivity index (χ4v) is 4.50. The number of amides is 2. The zero-order chi connectivity index (χ0) is 26.5. The van der Waals surface area contributed by atoms with Gasteiger partial charge in [0.25, 0.3) is 0 Å². The number of piperidine rings is 1. The zero-order valence-electron chi connectivity index (χ0n) is 21.5. The van der Waals surface area contributed by atoms with Crippen molar-refractivity contribution < 1.29 is 9.18 Å². The molecule has 0 saturated carbocycles. The van der Waals surface area contributed by atoms with Gasteiger partial charge in [0.1, 0.15) is 10.8 Å². The summed E-state index contributed by atoms with van der Waals surface area (Å²) in [5.74, 6) is 0.929. The van der Waals surface area contributed by atoms with Gasteiger partial charge in [0.2, 0.25) is 5.95 Å². The third-order valence-electron chi connectivity index (χ3n) is 6.36. The molecule has 0 spiro atoms. The Labute approximate surface area is 221 Å². The van der Waals surface area contributed by atoms with Crippen molar-refractivity contribution in [1.29, 1.82) is 0 Å². The first-order valence-corrected chi connectivity index (χ1v) is 12.6. The van der Waals surface area contributed by atoms with Gasteiger partial charge in [-0.3, -0.25) is 5.10 Å². The first-order chi connectivity index (χ1) is 17.7. The van der Waals surface area contributed by atoms with E-state index in [-0.39, 0.29) is 29.4 Å². The van der Waals surface area contributed by atoms with Crippen LogP contribution in [0, 0.1) is 19.7 Å². The van der Waals surface area contributed by atoms with Crippen molar-refractivity contribution in [3.63, 3.8) is 0 Å². The van der Waals surface area contributed by atoms with Gasteiger partial charge >= 0.3 is 6.03 Å². The Balaban J connectivity index is 1.39. The number of hydrogen-bond donors (Lipinski definition) is 4. The molecule has 37 heavy (non-hydrogen) atoms. The molecular formula is C25H33ClFN9O. The summed E-state index contributed by atoms with van der Waals surface area (Å²) in [4.78, 5) is 24.8. The molecule has 1 saturated heterocycles. The molecule has 2 aromatic heterocycles. The van der Waals surface area contributed by atoms with E-state index in [1.807, 2.05) is 43.8 Å².